The predicted octanol–water partition coefficient (Wildman–Crippen LogP) is 2.90. The SMILES string of the molecule is CCCC(=O)NOc1ccc(O)c(C(C)(C)C)c1. The molecular weight excluding hydrogens is 230 g/mol. The van der Waals surface area contributed by atoms with Gasteiger partial charge in [-0.3, -0.25) is 4.79 Å². The first-order chi connectivity index (χ1) is 8.34. The number of rotatable bonds is 4. The number of nitrogens with one attached hydrogen (secondary N) is 1. The Hall–Kier alpha value is -1.71. The van der Waals surface area contributed by atoms with E-state index < -0.39 is 0 Å². The molecule has 1 aromatic rings. The molecule has 0 aromatic heterocycles. The number of carbonyl (C=O) groups is 1. The highest BCUT2D eigenvalue weighted by Crippen LogP contribution is 2.33. The van der Waals surface area contributed by atoms with Crippen molar-refractivity contribution in [1.82, 2.24) is 5.48 Å². The number of phenols is 1. The smallest absolute Gasteiger partial charge is 0.252 e. The van der Waals surface area contributed by atoms with Crippen molar-refractivity contribution >= 4 is 5.91 Å². The fourth-order valence-electron chi connectivity index (χ4n) is 1.57. The van der Waals surface area contributed by atoms with Crippen LogP contribution in [0.3, 0.4) is 0 Å². The van der Waals surface area contributed by atoms with Gasteiger partial charge in [0.25, 0.3) is 5.91 Å². The molecule has 2 N–H and O–H groups in total. The second-order valence-electron chi connectivity index (χ2n) is 5.31. The third-order valence-corrected chi connectivity index (χ3v) is 2.54. The number of carbonyl (C=O) groups excluding carboxylic acids is 1. The third kappa shape index (κ3) is 3.95. The number of aromatic hydroxyl groups is 1. The standard InChI is InChI=1S/C14H21NO3/c1-5-6-13(17)15-18-10-7-8-12(16)11(9-10)14(2,3)4/h7-9,16H,5-6H2,1-4H3,(H,15,17). The van der Waals surface area contributed by atoms with Crippen LogP contribution >= 0.6 is 0 Å². The van der Waals surface area contributed by atoms with E-state index >= 15 is 0 Å². The highest BCUT2D eigenvalue weighted by atomic mass is 16.7. The van der Waals surface area contributed by atoms with Crippen molar-refractivity contribution in [2.45, 2.75) is 46.0 Å². The second-order valence-corrected chi connectivity index (χ2v) is 5.31. The van der Waals surface area contributed by atoms with E-state index in [4.69, 9.17) is 4.84 Å². The summed E-state index contributed by atoms with van der Waals surface area (Å²) < 4.78 is 0. The molecule has 0 saturated heterocycles. The van der Waals surface area contributed by atoms with Crippen LogP contribution in [0, 0.1) is 0 Å². The number of amides is 1. The molecule has 0 spiro atoms. The van der Waals surface area contributed by atoms with E-state index in [2.05, 4.69) is 5.48 Å². The van der Waals surface area contributed by atoms with Gasteiger partial charge in [-0.05, 0) is 30.0 Å². The molecule has 0 bridgehead atoms. The Kier molecular flexibility index (Phi) is 4.59. The van der Waals surface area contributed by atoms with Crippen molar-refractivity contribution in [1.29, 1.82) is 0 Å². The average Bonchev–Trinajstić information content (AvgIpc) is 2.27. The van der Waals surface area contributed by atoms with Gasteiger partial charge in [0.05, 0.1) is 0 Å². The number of hydroxylamine groups is 1. The Morgan fingerprint density at radius 2 is 2.06 bits per heavy atom. The van der Waals surface area contributed by atoms with Crippen LogP contribution in [0.25, 0.3) is 0 Å². The van der Waals surface area contributed by atoms with Gasteiger partial charge < -0.3 is 9.94 Å². The summed E-state index contributed by atoms with van der Waals surface area (Å²) in [6.07, 6.45) is 1.21. The van der Waals surface area contributed by atoms with Crippen LogP contribution in [0.2, 0.25) is 0 Å². The normalized spacial score (nSPS) is 11.1. The highest BCUT2D eigenvalue weighted by Gasteiger charge is 2.19. The zero-order valence-corrected chi connectivity index (χ0v) is 11.4. The number of phenolic OH excluding ortho intramolecular Hbond substituents is 1. The summed E-state index contributed by atoms with van der Waals surface area (Å²) >= 11 is 0. The average molecular weight is 251 g/mol. The van der Waals surface area contributed by atoms with Gasteiger partial charge >= 0.3 is 0 Å². The fourth-order valence-corrected chi connectivity index (χ4v) is 1.57. The molecule has 1 amide bonds. The Morgan fingerprint density at radius 1 is 1.39 bits per heavy atom. The molecule has 0 aliphatic rings. The first kappa shape index (κ1) is 14.4. The summed E-state index contributed by atoms with van der Waals surface area (Å²) in [4.78, 5) is 16.5. The predicted molar refractivity (Wildman–Crippen MR) is 70.5 cm³/mol. The molecule has 4 heteroatoms. The largest absolute Gasteiger partial charge is 0.508 e. The molecule has 0 atom stereocenters. The lowest BCUT2D eigenvalue weighted by atomic mass is 9.86. The van der Waals surface area contributed by atoms with Crippen LogP contribution < -0.4 is 10.3 Å². The van der Waals surface area contributed by atoms with Gasteiger partial charge in [0.15, 0.2) is 5.75 Å². The van der Waals surface area contributed by atoms with Gasteiger partial charge in [-0.25, -0.2) is 0 Å². The second kappa shape index (κ2) is 5.76. The molecule has 1 aromatic carbocycles. The first-order valence-corrected chi connectivity index (χ1v) is 6.13. The quantitative estimate of drug-likeness (QED) is 0.809. The van der Waals surface area contributed by atoms with Gasteiger partial charge in [-0.2, -0.15) is 5.48 Å². The summed E-state index contributed by atoms with van der Waals surface area (Å²) in [5, 5.41) is 9.79. The molecule has 4 nitrogen and oxygen atoms in total. The van der Waals surface area contributed by atoms with Crippen molar-refractivity contribution in [3.63, 3.8) is 0 Å². The van der Waals surface area contributed by atoms with E-state index in [1.807, 2.05) is 27.7 Å². The summed E-state index contributed by atoms with van der Waals surface area (Å²) in [7, 11) is 0. The molecule has 0 aliphatic carbocycles. The van der Waals surface area contributed by atoms with Crippen LogP contribution in [0.1, 0.15) is 46.1 Å². The lowest BCUT2D eigenvalue weighted by molar-refractivity contribution is -0.127. The molecule has 100 valence electrons. The molecule has 0 heterocycles. The van der Waals surface area contributed by atoms with Crippen molar-refractivity contribution in [3.05, 3.63) is 23.8 Å². The van der Waals surface area contributed by atoms with E-state index in [-0.39, 0.29) is 17.1 Å². The fraction of sp³-hybridized carbons (Fsp3) is 0.500. The van der Waals surface area contributed by atoms with Gasteiger partial charge in [0, 0.05) is 12.0 Å². The summed E-state index contributed by atoms with van der Waals surface area (Å²) in [6.45, 7) is 7.93. The lowest BCUT2D eigenvalue weighted by Crippen LogP contribution is -2.26. The molecule has 0 unspecified atom stereocenters. The van der Waals surface area contributed by atoms with Crippen LogP contribution in [-0.4, -0.2) is 11.0 Å². The Balaban J connectivity index is 2.77. The maximum Gasteiger partial charge on any atom is 0.252 e. The Bertz CT molecular complexity index is 422. The number of hydrogen-bond acceptors (Lipinski definition) is 3. The molecule has 0 saturated carbocycles. The minimum Gasteiger partial charge on any atom is -0.508 e. The van der Waals surface area contributed by atoms with Crippen LogP contribution in [0.15, 0.2) is 18.2 Å². The summed E-state index contributed by atoms with van der Waals surface area (Å²) in [5.74, 6) is 0.597. The summed E-state index contributed by atoms with van der Waals surface area (Å²) in [6, 6.07) is 4.93. The molecular formula is C14H21NO3. The minimum atomic E-state index is -0.184. The van der Waals surface area contributed by atoms with Crippen LogP contribution in [0.4, 0.5) is 0 Å². The van der Waals surface area contributed by atoms with Gasteiger partial charge in [-0.15, -0.1) is 0 Å². The maximum absolute atomic E-state index is 11.3. The Labute approximate surface area is 108 Å². The number of hydrogen-bond donors (Lipinski definition) is 2. The molecule has 1 rings (SSSR count). The third-order valence-electron chi connectivity index (χ3n) is 2.54. The molecule has 0 fully saturated rings. The van der Waals surface area contributed by atoms with E-state index in [1.165, 1.54) is 0 Å². The highest BCUT2D eigenvalue weighted by molar-refractivity contribution is 5.74. The summed E-state index contributed by atoms with van der Waals surface area (Å²) in [5.41, 5.74) is 2.98. The molecule has 0 aliphatic heterocycles. The van der Waals surface area contributed by atoms with E-state index in [0.29, 0.717) is 12.2 Å². The van der Waals surface area contributed by atoms with E-state index in [1.54, 1.807) is 18.2 Å². The number of benzene rings is 1. The molecule has 18 heavy (non-hydrogen) atoms. The van der Waals surface area contributed by atoms with E-state index in [9.17, 15) is 9.90 Å². The van der Waals surface area contributed by atoms with Crippen molar-refractivity contribution in [2.24, 2.45) is 0 Å². The maximum atomic E-state index is 11.3. The van der Waals surface area contributed by atoms with Gasteiger partial charge in [-0.1, -0.05) is 27.7 Å². The zero-order chi connectivity index (χ0) is 13.8. The minimum absolute atomic E-state index is 0.150. The topological polar surface area (TPSA) is 58.6 Å². The van der Waals surface area contributed by atoms with Crippen molar-refractivity contribution in [2.75, 3.05) is 0 Å². The van der Waals surface area contributed by atoms with E-state index in [0.717, 1.165) is 12.0 Å². The van der Waals surface area contributed by atoms with Crippen molar-refractivity contribution < 1.29 is 14.7 Å². The zero-order valence-electron chi connectivity index (χ0n) is 11.4. The van der Waals surface area contributed by atoms with Crippen LogP contribution in [-0.2, 0) is 10.2 Å². The van der Waals surface area contributed by atoms with Crippen LogP contribution in [0.5, 0.6) is 11.5 Å². The Morgan fingerprint density at radius 3 is 2.61 bits per heavy atom. The first-order valence-electron chi connectivity index (χ1n) is 6.13. The molecule has 0 radical (unpaired) electrons. The van der Waals surface area contributed by atoms with Gasteiger partial charge in [0.2, 0.25) is 0 Å². The lowest BCUT2D eigenvalue weighted by Gasteiger charge is -2.21. The van der Waals surface area contributed by atoms with Gasteiger partial charge in [0.1, 0.15) is 5.75 Å². The monoisotopic (exact) mass is 251 g/mol. The van der Waals surface area contributed by atoms with Crippen molar-refractivity contribution in [3.8, 4) is 11.5 Å².